The summed E-state index contributed by atoms with van der Waals surface area (Å²) in [5.41, 5.74) is 0.349. The van der Waals surface area contributed by atoms with Crippen LogP contribution in [0.15, 0.2) is 41.4 Å². The molecule has 1 amide bonds. The Labute approximate surface area is 137 Å². The number of hydrogen-bond donors (Lipinski definition) is 1. The van der Waals surface area contributed by atoms with Crippen LogP contribution >= 0.6 is 15.9 Å². The minimum Gasteiger partial charge on any atom is -0.355 e. The van der Waals surface area contributed by atoms with E-state index in [0.717, 1.165) is 36.2 Å². The summed E-state index contributed by atoms with van der Waals surface area (Å²) >= 11 is 3.39. The molecule has 1 N–H and O–H groups in total. The van der Waals surface area contributed by atoms with Crippen molar-refractivity contribution in [3.63, 3.8) is 0 Å². The molecule has 0 aliphatic carbocycles. The van der Waals surface area contributed by atoms with Gasteiger partial charge in [-0.15, -0.1) is 0 Å². The predicted molar refractivity (Wildman–Crippen MR) is 86.7 cm³/mol. The van der Waals surface area contributed by atoms with Crippen molar-refractivity contribution in [2.45, 2.75) is 18.9 Å². The molecule has 0 bridgehead atoms. The Hall–Kier alpha value is -2.02. The maximum atomic E-state index is 12.1. The van der Waals surface area contributed by atoms with E-state index in [9.17, 15) is 4.79 Å². The number of halogens is 1. The molecule has 1 saturated heterocycles. The minimum absolute atomic E-state index is 0.0914. The first-order chi connectivity index (χ1) is 10.7. The second-order valence-electron chi connectivity index (χ2n) is 5.18. The van der Waals surface area contributed by atoms with E-state index >= 15 is 0 Å². The van der Waals surface area contributed by atoms with Crippen LogP contribution in [0.3, 0.4) is 0 Å². The van der Waals surface area contributed by atoms with Crippen LogP contribution < -0.4 is 10.2 Å². The van der Waals surface area contributed by atoms with E-state index in [1.807, 2.05) is 12.1 Å². The van der Waals surface area contributed by atoms with Gasteiger partial charge in [-0.05, 0) is 40.9 Å². The fraction of sp³-hybridized carbons (Fsp3) is 0.333. The standard InChI is InChI=1S/C15H16BrN5O/c16-11-3-4-14(19-8-11)21-7-1-2-12(10-21)20-15(22)13-9-17-5-6-18-13/h3-6,8-9,12H,1-2,7,10H2,(H,20,22). The largest absolute Gasteiger partial charge is 0.355 e. The zero-order chi connectivity index (χ0) is 15.4. The molecule has 0 radical (unpaired) electrons. The monoisotopic (exact) mass is 361 g/mol. The number of carbonyl (C=O) groups excluding carboxylic acids is 1. The maximum Gasteiger partial charge on any atom is 0.271 e. The Morgan fingerprint density at radius 1 is 1.27 bits per heavy atom. The minimum atomic E-state index is -0.177. The Morgan fingerprint density at radius 3 is 2.91 bits per heavy atom. The Kier molecular flexibility index (Phi) is 4.62. The second-order valence-corrected chi connectivity index (χ2v) is 6.10. The lowest BCUT2D eigenvalue weighted by atomic mass is 10.1. The second kappa shape index (κ2) is 6.83. The Balaban J connectivity index is 1.63. The molecule has 7 heteroatoms. The zero-order valence-electron chi connectivity index (χ0n) is 11.9. The van der Waals surface area contributed by atoms with Crippen molar-refractivity contribution in [2.24, 2.45) is 0 Å². The molecular formula is C15H16BrN5O. The third-order valence-corrected chi connectivity index (χ3v) is 4.06. The van der Waals surface area contributed by atoms with Crippen LogP contribution in [0.4, 0.5) is 5.82 Å². The van der Waals surface area contributed by atoms with Gasteiger partial charge in [-0.25, -0.2) is 9.97 Å². The third kappa shape index (κ3) is 3.59. The molecule has 1 aliphatic rings. The molecule has 1 fully saturated rings. The van der Waals surface area contributed by atoms with Gasteiger partial charge in [0, 0.05) is 42.2 Å². The van der Waals surface area contributed by atoms with Gasteiger partial charge in [-0.3, -0.25) is 9.78 Å². The number of anilines is 1. The number of carbonyl (C=O) groups is 1. The topological polar surface area (TPSA) is 71.0 Å². The average molecular weight is 362 g/mol. The van der Waals surface area contributed by atoms with Crippen LogP contribution in [-0.4, -0.2) is 40.0 Å². The summed E-state index contributed by atoms with van der Waals surface area (Å²) in [5, 5.41) is 3.03. The molecule has 114 valence electrons. The summed E-state index contributed by atoms with van der Waals surface area (Å²) in [7, 11) is 0. The third-order valence-electron chi connectivity index (χ3n) is 3.59. The quantitative estimate of drug-likeness (QED) is 0.905. The molecule has 0 aromatic carbocycles. The molecule has 0 saturated carbocycles. The summed E-state index contributed by atoms with van der Waals surface area (Å²) in [4.78, 5) is 26.7. The maximum absolute atomic E-state index is 12.1. The number of nitrogens with zero attached hydrogens (tertiary/aromatic N) is 4. The predicted octanol–water partition coefficient (Wildman–Crippen LogP) is 2.03. The molecule has 2 aromatic rings. The van der Waals surface area contributed by atoms with Gasteiger partial charge in [0.2, 0.25) is 0 Å². The van der Waals surface area contributed by atoms with Gasteiger partial charge in [0.1, 0.15) is 11.5 Å². The molecule has 6 nitrogen and oxygen atoms in total. The van der Waals surface area contributed by atoms with Gasteiger partial charge in [-0.1, -0.05) is 0 Å². The van der Waals surface area contributed by atoms with E-state index in [4.69, 9.17) is 0 Å². The molecule has 22 heavy (non-hydrogen) atoms. The first-order valence-corrected chi connectivity index (χ1v) is 7.95. The zero-order valence-corrected chi connectivity index (χ0v) is 13.5. The summed E-state index contributed by atoms with van der Waals surface area (Å²) in [6, 6.07) is 4.05. The van der Waals surface area contributed by atoms with E-state index in [-0.39, 0.29) is 11.9 Å². The van der Waals surface area contributed by atoms with Gasteiger partial charge in [-0.2, -0.15) is 0 Å². The van der Waals surface area contributed by atoms with Crippen molar-refractivity contribution in [3.05, 3.63) is 47.1 Å². The van der Waals surface area contributed by atoms with Crippen LogP contribution in [0, 0.1) is 0 Å². The number of nitrogens with one attached hydrogen (secondary N) is 1. The molecule has 1 aliphatic heterocycles. The summed E-state index contributed by atoms with van der Waals surface area (Å²) in [6.45, 7) is 1.70. The van der Waals surface area contributed by atoms with E-state index in [1.54, 1.807) is 12.4 Å². The van der Waals surface area contributed by atoms with Crippen molar-refractivity contribution in [1.82, 2.24) is 20.3 Å². The molecule has 1 unspecified atom stereocenters. The number of pyridine rings is 1. The average Bonchev–Trinajstić information content (AvgIpc) is 2.56. The van der Waals surface area contributed by atoms with Crippen LogP contribution in [0.2, 0.25) is 0 Å². The van der Waals surface area contributed by atoms with Gasteiger partial charge < -0.3 is 10.2 Å². The molecule has 3 heterocycles. The summed E-state index contributed by atoms with van der Waals surface area (Å²) in [6.07, 6.45) is 8.32. The van der Waals surface area contributed by atoms with Gasteiger partial charge >= 0.3 is 0 Å². The smallest absolute Gasteiger partial charge is 0.271 e. The number of hydrogen-bond acceptors (Lipinski definition) is 5. The lowest BCUT2D eigenvalue weighted by molar-refractivity contribution is 0.0927. The molecular weight excluding hydrogens is 346 g/mol. The van der Waals surface area contributed by atoms with Crippen molar-refractivity contribution < 1.29 is 4.79 Å². The van der Waals surface area contributed by atoms with Crippen molar-refractivity contribution in [3.8, 4) is 0 Å². The Bertz CT molecular complexity index is 634. The van der Waals surface area contributed by atoms with E-state index in [2.05, 4.69) is 41.1 Å². The van der Waals surface area contributed by atoms with Crippen molar-refractivity contribution in [2.75, 3.05) is 18.0 Å². The number of piperidine rings is 1. The fourth-order valence-electron chi connectivity index (χ4n) is 2.53. The fourth-order valence-corrected chi connectivity index (χ4v) is 2.77. The summed E-state index contributed by atoms with van der Waals surface area (Å²) in [5.74, 6) is 0.755. The molecule has 2 aromatic heterocycles. The van der Waals surface area contributed by atoms with Crippen molar-refractivity contribution in [1.29, 1.82) is 0 Å². The van der Waals surface area contributed by atoms with Crippen LogP contribution in [0.25, 0.3) is 0 Å². The Morgan fingerprint density at radius 2 is 2.18 bits per heavy atom. The van der Waals surface area contributed by atoms with E-state index < -0.39 is 0 Å². The highest BCUT2D eigenvalue weighted by atomic mass is 79.9. The SMILES string of the molecule is O=C(NC1CCCN(c2ccc(Br)cn2)C1)c1cnccn1. The van der Waals surface area contributed by atoms with Gasteiger partial charge in [0.25, 0.3) is 5.91 Å². The first-order valence-electron chi connectivity index (χ1n) is 7.16. The number of amides is 1. The van der Waals surface area contributed by atoms with E-state index in [0.29, 0.717) is 5.69 Å². The number of aromatic nitrogens is 3. The van der Waals surface area contributed by atoms with Gasteiger partial charge in [0.05, 0.1) is 6.20 Å². The van der Waals surface area contributed by atoms with Crippen LogP contribution in [0.5, 0.6) is 0 Å². The normalized spacial score (nSPS) is 18.0. The van der Waals surface area contributed by atoms with Crippen LogP contribution in [0.1, 0.15) is 23.3 Å². The highest BCUT2D eigenvalue weighted by Crippen LogP contribution is 2.19. The first kappa shape index (κ1) is 14.9. The molecule has 3 rings (SSSR count). The molecule has 0 spiro atoms. The highest BCUT2D eigenvalue weighted by Gasteiger charge is 2.23. The van der Waals surface area contributed by atoms with E-state index in [1.165, 1.54) is 12.4 Å². The number of rotatable bonds is 3. The van der Waals surface area contributed by atoms with Crippen molar-refractivity contribution >= 4 is 27.7 Å². The van der Waals surface area contributed by atoms with Crippen LogP contribution in [-0.2, 0) is 0 Å². The van der Waals surface area contributed by atoms with Gasteiger partial charge in [0.15, 0.2) is 0 Å². The lowest BCUT2D eigenvalue weighted by Crippen LogP contribution is -2.48. The lowest BCUT2D eigenvalue weighted by Gasteiger charge is -2.33. The molecule has 1 atom stereocenters. The highest BCUT2D eigenvalue weighted by molar-refractivity contribution is 9.10. The summed E-state index contributed by atoms with van der Waals surface area (Å²) < 4.78 is 0.959.